The van der Waals surface area contributed by atoms with Crippen LogP contribution in [0.4, 0.5) is 0 Å². The molecule has 6 nitrogen and oxygen atoms in total. The second-order valence-corrected chi connectivity index (χ2v) is 14.7. The molecule has 0 aliphatic carbocycles. The Morgan fingerprint density at radius 2 is 0.946 bits per heavy atom. The second-order valence-electron chi connectivity index (χ2n) is 13.6. The van der Waals surface area contributed by atoms with Crippen molar-refractivity contribution in [3.8, 4) is 67.9 Å². The number of aromatic nitrogens is 5. The van der Waals surface area contributed by atoms with Gasteiger partial charge in [0.05, 0.1) is 15.9 Å². The summed E-state index contributed by atoms with van der Waals surface area (Å²) in [5.74, 6) is 2.51. The third-order valence-corrected chi connectivity index (χ3v) is 11.3. The van der Waals surface area contributed by atoms with Crippen LogP contribution < -0.4 is 0 Å². The Labute approximate surface area is 325 Å². The molecule has 0 saturated carbocycles. The number of thiophene rings is 1. The maximum absolute atomic E-state index is 6.76. The molecule has 0 spiro atoms. The summed E-state index contributed by atoms with van der Waals surface area (Å²) >= 11 is 1.74. The number of para-hydroxylation sites is 1. The third kappa shape index (κ3) is 5.44. The highest BCUT2D eigenvalue weighted by atomic mass is 32.1. The van der Waals surface area contributed by atoms with Crippen LogP contribution in [0.15, 0.2) is 180 Å². The molecule has 11 rings (SSSR count). The van der Waals surface area contributed by atoms with E-state index in [-0.39, 0.29) is 0 Å². The molecule has 0 saturated heterocycles. The zero-order chi connectivity index (χ0) is 37.0. The Bertz CT molecular complexity index is 3190. The Balaban J connectivity index is 1.07. The first kappa shape index (κ1) is 32.1. The van der Waals surface area contributed by atoms with Gasteiger partial charge in [-0.1, -0.05) is 158 Å². The molecule has 7 aromatic carbocycles. The van der Waals surface area contributed by atoms with E-state index in [9.17, 15) is 0 Å². The van der Waals surface area contributed by atoms with E-state index in [1.54, 1.807) is 11.3 Å². The molecule has 56 heavy (non-hydrogen) atoms. The molecular weight excluding hydrogens is 707 g/mol. The number of benzene rings is 7. The van der Waals surface area contributed by atoms with Crippen molar-refractivity contribution in [1.29, 1.82) is 0 Å². The normalized spacial score (nSPS) is 11.6. The largest absolute Gasteiger partial charge is 0.455 e. The first-order chi connectivity index (χ1) is 27.7. The van der Waals surface area contributed by atoms with E-state index >= 15 is 0 Å². The molecule has 4 heterocycles. The standard InChI is InChI=1S/C49H29N5OS/c1-4-15-30(16-5-1)42-45-43(36-23-10-11-28-40(36)56-45)51-49(50-42)38-26-14-27-39-41(38)37-25-13-24-35(44(37)55-39)33-21-12-22-34(29-33)48-53-46(31-17-6-2-7-18-31)52-47(54-48)32-19-8-3-9-20-32/h1-29H. The van der Waals surface area contributed by atoms with E-state index in [0.717, 1.165) is 82.2 Å². The predicted molar refractivity (Wildman–Crippen MR) is 228 cm³/mol. The smallest absolute Gasteiger partial charge is 0.164 e. The highest BCUT2D eigenvalue weighted by molar-refractivity contribution is 7.26. The van der Waals surface area contributed by atoms with Crippen LogP contribution >= 0.6 is 11.3 Å². The number of nitrogens with zero attached hydrogens (tertiary/aromatic N) is 5. The molecule has 7 heteroatoms. The summed E-state index contributed by atoms with van der Waals surface area (Å²) in [7, 11) is 0. The molecule has 262 valence electrons. The minimum absolute atomic E-state index is 0.598. The molecule has 0 unspecified atom stereocenters. The lowest BCUT2D eigenvalue weighted by atomic mass is 9.99. The van der Waals surface area contributed by atoms with Gasteiger partial charge in [0.15, 0.2) is 23.3 Å². The van der Waals surface area contributed by atoms with Gasteiger partial charge >= 0.3 is 0 Å². The number of rotatable bonds is 6. The quantitative estimate of drug-likeness (QED) is 0.169. The van der Waals surface area contributed by atoms with Crippen molar-refractivity contribution in [3.05, 3.63) is 176 Å². The number of fused-ring (bicyclic) bond motifs is 6. The molecular formula is C49H29N5OS. The van der Waals surface area contributed by atoms with E-state index in [1.807, 2.05) is 91.0 Å². The SMILES string of the molecule is c1ccc(-c2nc(-c3ccccc3)nc(-c3cccc(-c4cccc5c4oc4cccc(-c6nc(-c7ccccc7)c7sc8ccccc8c7n6)c45)c3)n2)cc1. The number of furan rings is 1. The van der Waals surface area contributed by atoms with E-state index < -0.39 is 0 Å². The fourth-order valence-electron chi connectivity index (χ4n) is 7.53. The van der Waals surface area contributed by atoms with Crippen molar-refractivity contribution in [2.24, 2.45) is 0 Å². The monoisotopic (exact) mass is 735 g/mol. The summed E-state index contributed by atoms with van der Waals surface area (Å²) < 4.78 is 9.03. The Morgan fingerprint density at radius 1 is 0.393 bits per heavy atom. The molecule has 0 bridgehead atoms. The average molecular weight is 736 g/mol. The minimum atomic E-state index is 0.598. The van der Waals surface area contributed by atoms with Crippen molar-refractivity contribution in [2.75, 3.05) is 0 Å². The molecule has 0 amide bonds. The van der Waals surface area contributed by atoms with Crippen LogP contribution in [0.2, 0.25) is 0 Å². The van der Waals surface area contributed by atoms with E-state index in [1.165, 1.54) is 4.70 Å². The molecule has 11 aromatic rings. The highest BCUT2D eigenvalue weighted by Gasteiger charge is 2.21. The van der Waals surface area contributed by atoms with Gasteiger partial charge in [0.2, 0.25) is 0 Å². The van der Waals surface area contributed by atoms with Crippen molar-refractivity contribution < 1.29 is 4.42 Å². The summed E-state index contributed by atoms with van der Waals surface area (Å²) in [4.78, 5) is 25.4. The van der Waals surface area contributed by atoms with Gasteiger partial charge in [-0.05, 0) is 23.8 Å². The van der Waals surface area contributed by atoms with Gasteiger partial charge < -0.3 is 4.42 Å². The van der Waals surface area contributed by atoms with Crippen molar-refractivity contribution in [1.82, 2.24) is 24.9 Å². The maximum atomic E-state index is 6.76. The Morgan fingerprint density at radius 3 is 1.68 bits per heavy atom. The van der Waals surface area contributed by atoms with Gasteiger partial charge in [-0.2, -0.15) is 0 Å². The van der Waals surface area contributed by atoms with Crippen LogP contribution in [0.1, 0.15) is 0 Å². The van der Waals surface area contributed by atoms with Gasteiger partial charge in [-0.15, -0.1) is 11.3 Å². The highest BCUT2D eigenvalue weighted by Crippen LogP contribution is 2.43. The van der Waals surface area contributed by atoms with E-state index in [0.29, 0.717) is 23.3 Å². The lowest BCUT2D eigenvalue weighted by Crippen LogP contribution is -2.00. The molecule has 0 aliphatic heterocycles. The zero-order valence-electron chi connectivity index (χ0n) is 29.8. The number of hydrogen-bond acceptors (Lipinski definition) is 7. The minimum Gasteiger partial charge on any atom is -0.455 e. The van der Waals surface area contributed by atoms with Crippen LogP contribution in [-0.4, -0.2) is 24.9 Å². The van der Waals surface area contributed by atoms with Gasteiger partial charge in [-0.25, -0.2) is 24.9 Å². The van der Waals surface area contributed by atoms with Crippen molar-refractivity contribution in [2.45, 2.75) is 0 Å². The van der Waals surface area contributed by atoms with Crippen molar-refractivity contribution >= 4 is 53.6 Å². The van der Waals surface area contributed by atoms with Gasteiger partial charge in [0.1, 0.15) is 11.2 Å². The van der Waals surface area contributed by atoms with Crippen LogP contribution in [0, 0.1) is 0 Å². The van der Waals surface area contributed by atoms with Gasteiger partial charge in [0.25, 0.3) is 0 Å². The molecule has 0 radical (unpaired) electrons. The Kier molecular flexibility index (Phi) is 7.57. The van der Waals surface area contributed by atoms with Gasteiger partial charge in [-0.3, -0.25) is 0 Å². The molecule has 0 atom stereocenters. The van der Waals surface area contributed by atoms with Crippen molar-refractivity contribution in [3.63, 3.8) is 0 Å². The van der Waals surface area contributed by atoms with Crippen LogP contribution in [-0.2, 0) is 0 Å². The third-order valence-electron chi connectivity index (χ3n) is 10.2. The zero-order valence-corrected chi connectivity index (χ0v) is 30.6. The topological polar surface area (TPSA) is 77.6 Å². The van der Waals surface area contributed by atoms with E-state index in [2.05, 4.69) is 84.9 Å². The fraction of sp³-hybridized carbons (Fsp3) is 0. The lowest BCUT2D eigenvalue weighted by Gasteiger charge is -2.10. The first-order valence-corrected chi connectivity index (χ1v) is 19.2. The summed E-state index contributed by atoms with van der Waals surface area (Å²) in [5, 5.41) is 3.11. The Hall–Kier alpha value is -7.35. The summed E-state index contributed by atoms with van der Waals surface area (Å²) in [6.07, 6.45) is 0. The predicted octanol–water partition coefficient (Wildman–Crippen LogP) is 12.9. The average Bonchev–Trinajstić information content (AvgIpc) is 3.86. The number of hydrogen-bond donors (Lipinski definition) is 0. The van der Waals surface area contributed by atoms with Crippen LogP contribution in [0.3, 0.4) is 0 Å². The maximum Gasteiger partial charge on any atom is 0.164 e. The summed E-state index contributed by atoms with van der Waals surface area (Å²) in [6, 6.07) is 59.7. The second kappa shape index (κ2) is 13.2. The fourth-order valence-corrected chi connectivity index (χ4v) is 8.68. The summed E-state index contributed by atoms with van der Waals surface area (Å²) in [5.41, 5.74) is 10.1. The molecule has 4 aromatic heterocycles. The molecule has 0 fully saturated rings. The first-order valence-electron chi connectivity index (χ1n) is 18.4. The van der Waals surface area contributed by atoms with E-state index in [4.69, 9.17) is 29.3 Å². The molecule has 0 N–H and O–H groups in total. The van der Waals surface area contributed by atoms with Crippen LogP contribution in [0.25, 0.3) is 110 Å². The van der Waals surface area contributed by atoms with Gasteiger partial charge in [0, 0.05) is 54.2 Å². The summed E-state index contributed by atoms with van der Waals surface area (Å²) in [6.45, 7) is 0. The molecule has 0 aliphatic rings. The lowest BCUT2D eigenvalue weighted by molar-refractivity contribution is 0.670. The van der Waals surface area contributed by atoms with Crippen LogP contribution in [0.5, 0.6) is 0 Å².